The van der Waals surface area contributed by atoms with E-state index in [1.165, 1.54) is 0 Å². The zero-order chi connectivity index (χ0) is 22.9. The van der Waals surface area contributed by atoms with Gasteiger partial charge in [-0.3, -0.25) is 4.79 Å². The summed E-state index contributed by atoms with van der Waals surface area (Å²) in [4.78, 5) is 25.9. The number of amides is 1. The van der Waals surface area contributed by atoms with Gasteiger partial charge in [0, 0.05) is 23.9 Å². The third-order valence-corrected chi connectivity index (χ3v) is 5.88. The number of carbonyl (C=O) groups excluding carboxylic acids is 1. The number of fused-ring (bicyclic) bond motifs is 3. The number of hydrogen-bond donors (Lipinski definition) is 2. The lowest BCUT2D eigenvalue weighted by Gasteiger charge is -2.19. The second kappa shape index (κ2) is 8.51. The zero-order valence-electron chi connectivity index (χ0n) is 18.4. The Hall–Kier alpha value is -4.39. The Labute approximate surface area is 195 Å². The minimum Gasteiger partial charge on any atom is -0.486 e. The van der Waals surface area contributed by atoms with Crippen molar-refractivity contribution in [3.8, 4) is 22.8 Å². The Morgan fingerprint density at radius 3 is 2.56 bits per heavy atom. The van der Waals surface area contributed by atoms with Crippen LogP contribution >= 0.6 is 0 Å². The van der Waals surface area contributed by atoms with Crippen LogP contribution in [0.15, 0.2) is 72.8 Å². The Morgan fingerprint density at radius 1 is 0.882 bits per heavy atom. The van der Waals surface area contributed by atoms with Crippen molar-refractivity contribution in [3.05, 3.63) is 84.2 Å². The molecule has 1 aliphatic heterocycles. The molecule has 7 heteroatoms. The predicted molar refractivity (Wildman–Crippen MR) is 130 cm³/mol. The summed E-state index contributed by atoms with van der Waals surface area (Å²) in [5, 5.41) is 3.85. The smallest absolute Gasteiger partial charge is 0.252 e. The van der Waals surface area contributed by atoms with Crippen LogP contribution in [0.1, 0.15) is 16.2 Å². The van der Waals surface area contributed by atoms with Gasteiger partial charge in [0.2, 0.25) is 0 Å². The Bertz CT molecular complexity index is 1490. The molecule has 3 heterocycles. The summed E-state index contributed by atoms with van der Waals surface area (Å²) in [6, 6.07) is 23.1. The molecule has 1 aliphatic rings. The average molecular weight is 450 g/mol. The Balaban J connectivity index is 1.27. The SMILES string of the molecule is O=C(NCCc1nc2ccccc2[nH]1)c1cc(-c2ccc3c(c2)OCCO3)nc2ccccc12. The van der Waals surface area contributed by atoms with Gasteiger partial charge in [-0.05, 0) is 42.5 Å². The van der Waals surface area contributed by atoms with Crippen LogP contribution in [0.25, 0.3) is 33.2 Å². The predicted octanol–water partition coefficient (Wildman–Crippen LogP) is 4.52. The molecule has 0 aliphatic carbocycles. The highest BCUT2D eigenvalue weighted by Crippen LogP contribution is 2.35. The number of rotatable bonds is 5. The Kier molecular flexibility index (Phi) is 5.07. The minimum absolute atomic E-state index is 0.145. The highest BCUT2D eigenvalue weighted by atomic mass is 16.6. The molecule has 2 aromatic heterocycles. The number of nitrogens with zero attached hydrogens (tertiary/aromatic N) is 2. The van der Waals surface area contributed by atoms with Gasteiger partial charge in [0.1, 0.15) is 19.0 Å². The van der Waals surface area contributed by atoms with Crippen molar-refractivity contribution in [2.45, 2.75) is 6.42 Å². The molecule has 0 unspecified atom stereocenters. The van der Waals surface area contributed by atoms with E-state index in [9.17, 15) is 4.79 Å². The monoisotopic (exact) mass is 450 g/mol. The maximum Gasteiger partial charge on any atom is 0.252 e. The molecule has 2 N–H and O–H groups in total. The van der Waals surface area contributed by atoms with Crippen LogP contribution in [0, 0.1) is 0 Å². The summed E-state index contributed by atoms with van der Waals surface area (Å²) in [6.45, 7) is 1.52. The van der Waals surface area contributed by atoms with Crippen LogP contribution in [0.5, 0.6) is 11.5 Å². The number of H-pyrrole nitrogens is 1. The van der Waals surface area contributed by atoms with Gasteiger partial charge >= 0.3 is 0 Å². The van der Waals surface area contributed by atoms with E-state index in [1.54, 1.807) is 0 Å². The number of hydrogen-bond acceptors (Lipinski definition) is 5. The number of imidazole rings is 1. The Morgan fingerprint density at radius 2 is 1.68 bits per heavy atom. The maximum absolute atomic E-state index is 13.2. The normalized spacial score (nSPS) is 12.7. The van der Waals surface area contributed by atoms with Gasteiger partial charge in [-0.15, -0.1) is 0 Å². The average Bonchev–Trinajstić information content (AvgIpc) is 3.30. The van der Waals surface area contributed by atoms with Crippen molar-refractivity contribution < 1.29 is 14.3 Å². The van der Waals surface area contributed by atoms with Gasteiger partial charge in [-0.25, -0.2) is 9.97 Å². The molecule has 5 aromatic rings. The van der Waals surface area contributed by atoms with Crippen LogP contribution in [-0.4, -0.2) is 40.6 Å². The molecule has 0 bridgehead atoms. The summed E-state index contributed by atoms with van der Waals surface area (Å²) in [7, 11) is 0. The van der Waals surface area contributed by atoms with E-state index in [4.69, 9.17) is 14.5 Å². The molecular weight excluding hydrogens is 428 g/mol. The fourth-order valence-corrected chi connectivity index (χ4v) is 4.23. The standard InChI is InChI=1S/C27H22N4O3/c32-27(28-12-11-26-30-21-7-3-4-8-22(21)31-26)19-16-23(29-20-6-2-1-5-18(19)20)17-9-10-24-25(15-17)34-14-13-33-24/h1-10,15-16H,11-14H2,(H,28,32)(H,30,31). The van der Waals surface area contributed by atoms with Gasteiger partial charge in [0.25, 0.3) is 5.91 Å². The maximum atomic E-state index is 13.2. The third-order valence-electron chi connectivity index (χ3n) is 5.88. The number of aromatic amines is 1. The molecule has 0 spiro atoms. The van der Waals surface area contributed by atoms with Gasteiger partial charge in [-0.1, -0.05) is 30.3 Å². The number of aromatic nitrogens is 3. The fourth-order valence-electron chi connectivity index (χ4n) is 4.23. The molecule has 168 valence electrons. The molecular formula is C27H22N4O3. The van der Waals surface area contributed by atoms with Gasteiger partial charge in [-0.2, -0.15) is 0 Å². The van der Waals surface area contributed by atoms with E-state index < -0.39 is 0 Å². The number of ether oxygens (including phenoxy) is 2. The number of nitrogens with one attached hydrogen (secondary N) is 2. The molecule has 0 saturated carbocycles. The first-order chi connectivity index (χ1) is 16.7. The number of benzene rings is 3. The molecule has 1 amide bonds. The topological polar surface area (TPSA) is 89.1 Å². The summed E-state index contributed by atoms with van der Waals surface area (Å²) >= 11 is 0. The highest BCUT2D eigenvalue weighted by Gasteiger charge is 2.17. The van der Waals surface area contributed by atoms with E-state index in [0.29, 0.717) is 43.2 Å². The second-order valence-corrected chi connectivity index (χ2v) is 8.14. The lowest BCUT2D eigenvalue weighted by Crippen LogP contribution is -2.26. The molecule has 0 saturated heterocycles. The summed E-state index contributed by atoms with van der Waals surface area (Å²) in [5.74, 6) is 2.11. The molecule has 0 atom stereocenters. The zero-order valence-corrected chi connectivity index (χ0v) is 18.4. The van der Waals surface area contributed by atoms with Crippen molar-refractivity contribution in [1.29, 1.82) is 0 Å². The van der Waals surface area contributed by atoms with E-state index in [1.807, 2.05) is 72.8 Å². The van der Waals surface area contributed by atoms with Gasteiger partial charge in [0.05, 0.1) is 27.8 Å². The van der Waals surface area contributed by atoms with Crippen LogP contribution < -0.4 is 14.8 Å². The molecule has 0 radical (unpaired) electrons. The number of carbonyl (C=O) groups is 1. The summed E-state index contributed by atoms with van der Waals surface area (Å²) in [6.07, 6.45) is 0.610. The van der Waals surface area contributed by atoms with E-state index in [0.717, 1.165) is 39.1 Å². The van der Waals surface area contributed by atoms with Crippen molar-refractivity contribution in [1.82, 2.24) is 20.3 Å². The first kappa shape index (κ1) is 20.2. The van der Waals surface area contributed by atoms with Crippen LogP contribution in [0.4, 0.5) is 0 Å². The van der Waals surface area contributed by atoms with Crippen molar-refractivity contribution in [2.75, 3.05) is 19.8 Å². The molecule has 34 heavy (non-hydrogen) atoms. The van der Waals surface area contributed by atoms with Crippen molar-refractivity contribution in [3.63, 3.8) is 0 Å². The van der Waals surface area contributed by atoms with E-state index >= 15 is 0 Å². The quantitative estimate of drug-likeness (QED) is 0.411. The van der Waals surface area contributed by atoms with Gasteiger partial charge in [0.15, 0.2) is 11.5 Å². The lowest BCUT2D eigenvalue weighted by molar-refractivity contribution is 0.0955. The summed E-state index contributed by atoms with van der Waals surface area (Å²) in [5.41, 5.74) is 4.84. The fraction of sp³-hybridized carbons (Fsp3) is 0.148. The molecule has 6 rings (SSSR count). The van der Waals surface area contributed by atoms with Crippen LogP contribution in [0.3, 0.4) is 0 Å². The van der Waals surface area contributed by atoms with Crippen molar-refractivity contribution >= 4 is 27.8 Å². The number of para-hydroxylation sites is 3. The van der Waals surface area contributed by atoms with E-state index in [-0.39, 0.29) is 5.91 Å². The van der Waals surface area contributed by atoms with Crippen LogP contribution in [-0.2, 0) is 6.42 Å². The minimum atomic E-state index is -0.145. The first-order valence-electron chi connectivity index (χ1n) is 11.3. The van der Waals surface area contributed by atoms with E-state index in [2.05, 4.69) is 15.3 Å². The second-order valence-electron chi connectivity index (χ2n) is 8.14. The molecule has 7 nitrogen and oxygen atoms in total. The number of pyridine rings is 1. The summed E-state index contributed by atoms with van der Waals surface area (Å²) < 4.78 is 11.4. The first-order valence-corrected chi connectivity index (χ1v) is 11.3. The largest absolute Gasteiger partial charge is 0.486 e. The lowest BCUT2D eigenvalue weighted by atomic mass is 10.0. The third kappa shape index (κ3) is 3.81. The van der Waals surface area contributed by atoms with Gasteiger partial charge < -0.3 is 19.8 Å². The van der Waals surface area contributed by atoms with Crippen LogP contribution in [0.2, 0.25) is 0 Å². The molecule has 0 fully saturated rings. The highest BCUT2D eigenvalue weighted by molar-refractivity contribution is 6.07. The van der Waals surface area contributed by atoms with Crippen molar-refractivity contribution in [2.24, 2.45) is 0 Å². The molecule has 3 aromatic carbocycles.